The summed E-state index contributed by atoms with van der Waals surface area (Å²) < 4.78 is 0. The molecule has 2 rings (SSSR count). The van der Waals surface area contributed by atoms with Crippen LogP contribution < -0.4 is 5.32 Å². The average Bonchev–Trinajstić information content (AvgIpc) is 2.38. The normalized spacial score (nSPS) is 17.9. The minimum atomic E-state index is 0.503. The van der Waals surface area contributed by atoms with E-state index in [1.165, 1.54) is 45.2 Å². The number of piperidine rings is 1. The van der Waals surface area contributed by atoms with Gasteiger partial charge in [0.2, 0.25) is 0 Å². The Morgan fingerprint density at radius 1 is 1.39 bits per heavy atom. The van der Waals surface area contributed by atoms with Gasteiger partial charge in [-0.1, -0.05) is 18.5 Å². The molecule has 1 fully saturated rings. The molecule has 1 aromatic rings. The van der Waals surface area contributed by atoms with Crippen LogP contribution in [0.5, 0.6) is 0 Å². The lowest BCUT2D eigenvalue weighted by Gasteiger charge is -2.32. The molecule has 0 spiro atoms. The van der Waals surface area contributed by atoms with E-state index >= 15 is 0 Å². The molecular formula is C13H21ClN4. The number of halogens is 1. The molecule has 0 amide bonds. The number of hydrogen-bond acceptors (Lipinski definition) is 4. The molecule has 2 heterocycles. The molecule has 1 aliphatic heterocycles. The van der Waals surface area contributed by atoms with Gasteiger partial charge in [0.25, 0.3) is 0 Å². The van der Waals surface area contributed by atoms with E-state index in [1.54, 1.807) is 0 Å². The maximum atomic E-state index is 6.00. The molecule has 1 aliphatic rings. The molecule has 0 unspecified atom stereocenters. The monoisotopic (exact) mass is 268 g/mol. The fourth-order valence-corrected chi connectivity index (χ4v) is 2.52. The molecule has 1 aromatic heterocycles. The molecule has 0 aliphatic carbocycles. The third-order valence-corrected chi connectivity index (χ3v) is 3.87. The van der Waals surface area contributed by atoms with E-state index in [4.69, 9.17) is 11.6 Å². The zero-order valence-corrected chi connectivity index (χ0v) is 11.9. The first kappa shape index (κ1) is 13.6. The predicted molar refractivity (Wildman–Crippen MR) is 75.2 cm³/mol. The number of anilines is 1. The van der Waals surface area contributed by atoms with Crippen LogP contribution in [0.2, 0.25) is 5.15 Å². The molecule has 0 aromatic carbocycles. The Bertz CT molecular complexity index is 389. The lowest BCUT2D eigenvalue weighted by atomic mass is 10.0. The van der Waals surface area contributed by atoms with Crippen molar-refractivity contribution in [2.45, 2.75) is 39.2 Å². The van der Waals surface area contributed by atoms with Crippen LogP contribution in [0.4, 0.5) is 5.82 Å². The Morgan fingerprint density at radius 3 is 2.78 bits per heavy atom. The molecule has 0 bridgehead atoms. The number of aromatic nitrogens is 2. The second-order valence-electron chi connectivity index (χ2n) is 4.90. The molecule has 1 saturated heterocycles. The van der Waals surface area contributed by atoms with Crippen LogP contribution in [0, 0.1) is 6.92 Å². The number of nitrogens with one attached hydrogen (secondary N) is 1. The Labute approximate surface area is 114 Å². The van der Waals surface area contributed by atoms with Gasteiger partial charge in [-0.05, 0) is 32.7 Å². The third-order valence-electron chi connectivity index (χ3n) is 3.49. The van der Waals surface area contributed by atoms with E-state index < -0.39 is 0 Å². The Morgan fingerprint density at radius 2 is 2.11 bits per heavy atom. The number of hydrogen-bond donors (Lipinski definition) is 1. The van der Waals surface area contributed by atoms with E-state index in [2.05, 4.69) is 27.1 Å². The summed E-state index contributed by atoms with van der Waals surface area (Å²) >= 11 is 6.00. The van der Waals surface area contributed by atoms with Crippen LogP contribution in [0.25, 0.3) is 0 Å². The molecule has 4 nitrogen and oxygen atoms in total. The largest absolute Gasteiger partial charge is 0.367 e. The maximum Gasteiger partial charge on any atom is 0.137 e. The molecule has 0 atom stereocenters. The maximum absolute atomic E-state index is 6.00. The van der Waals surface area contributed by atoms with Crippen molar-refractivity contribution in [3.63, 3.8) is 0 Å². The minimum Gasteiger partial charge on any atom is -0.367 e. The highest BCUT2D eigenvalue weighted by Gasteiger charge is 2.19. The van der Waals surface area contributed by atoms with Gasteiger partial charge in [0, 0.05) is 24.7 Å². The summed E-state index contributed by atoms with van der Waals surface area (Å²) in [7, 11) is 0. The topological polar surface area (TPSA) is 41.0 Å². The highest BCUT2D eigenvalue weighted by Crippen LogP contribution is 2.21. The number of likely N-dealkylation sites (tertiary alicyclic amines) is 1. The molecule has 0 saturated carbocycles. The summed E-state index contributed by atoms with van der Waals surface area (Å²) in [5.74, 6) is 0.879. The highest BCUT2D eigenvalue weighted by molar-refractivity contribution is 6.30. The summed E-state index contributed by atoms with van der Waals surface area (Å²) in [6.07, 6.45) is 5.09. The third kappa shape index (κ3) is 3.33. The molecule has 0 radical (unpaired) electrons. The number of rotatable bonds is 4. The van der Waals surface area contributed by atoms with Crippen molar-refractivity contribution in [3.8, 4) is 0 Å². The van der Waals surface area contributed by atoms with Gasteiger partial charge in [-0.2, -0.15) is 0 Å². The zero-order chi connectivity index (χ0) is 13.0. The van der Waals surface area contributed by atoms with Gasteiger partial charge in [0.15, 0.2) is 0 Å². The first-order chi connectivity index (χ1) is 8.70. The van der Waals surface area contributed by atoms with Crippen molar-refractivity contribution in [2.24, 2.45) is 0 Å². The van der Waals surface area contributed by atoms with Crippen molar-refractivity contribution >= 4 is 17.4 Å². The summed E-state index contributed by atoms with van der Waals surface area (Å²) in [4.78, 5) is 10.8. The van der Waals surface area contributed by atoms with Crippen molar-refractivity contribution in [1.29, 1.82) is 0 Å². The van der Waals surface area contributed by atoms with Gasteiger partial charge in [0.05, 0.1) is 0 Å². The van der Waals surface area contributed by atoms with Crippen molar-refractivity contribution in [2.75, 3.05) is 25.0 Å². The van der Waals surface area contributed by atoms with E-state index in [-0.39, 0.29) is 0 Å². The molecule has 100 valence electrons. The van der Waals surface area contributed by atoms with E-state index in [9.17, 15) is 0 Å². The van der Waals surface area contributed by atoms with Crippen LogP contribution in [0.3, 0.4) is 0 Å². The second-order valence-corrected chi connectivity index (χ2v) is 5.26. The second kappa shape index (κ2) is 6.34. The molecule has 18 heavy (non-hydrogen) atoms. The highest BCUT2D eigenvalue weighted by atomic mass is 35.5. The van der Waals surface area contributed by atoms with Gasteiger partial charge in [-0.3, -0.25) is 0 Å². The summed E-state index contributed by atoms with van der Waals surface area (Å²) in [5, 5.41) is 4.03. The number of nitrogens with zero attached hydrogens (tertiary/aromatic N) is 3. The van der Waals surface area contributed by atoms with E-state index in [0.29, 0.717) is 11.2 Å². The molecular weight excluding hydrogens is 248 g/mol. The van der Waals surface area contributed by atoms with Crippen LogP contribution in [0.1, 0.15) is 31.7 Å². The van der Waals surface area contributed by atoms with E-state index in [0.717, 1.165) is 11.4 Å². The Balaban J connectivity index is 1.90. The minimum absolute atomic E-state index is 0.503. The fourth-order valence-electron chi connectivity index (χ4n) is 2.38. The fraction of sp³-hybridized carbons (Fsp3) is 0.692. The zero-order valence-electron chi connectivity index (χ0n) is 11.1. The van der Waals surface area contributed by atoms with Gasteiger partial charge in [-0.15, -0.1) is 0 Å². The molecule has 1 N–H and O–H groups in total. The quantitative estimate of drug-likeness (QED) is 0.853. The summed E-state index contributed by atoms with van der Waals surface area (Å²) in [5.41, 5.74) is 0.940. The van der Waals surface area contributed by atoms with Crippen LogP contribution in [-0.4, -0.2) is 40.5 Å². The van der Waals surface area contributed by atoms with Gasteiger partial charge < -0.3 is 10.2 Å². The standard InChI is InChI=1S/C13H21ClN4/c1-3-6-18-7-4-11(5-8-18)17-13-10(2)12(14)15-9-16-13/h9,11H,3-8H2,1-2H3,(H,15,16,17). The van der Waals surface area contributed by atoms with Crippen molar-refractivity contribution < 1.29 is 0 Å². The smallest absolute Gasteiger partial charge is 0.137 e. The lowest BCUT2D eigenvalue weighted by Crippen LogP contribution is -2.39. The van der Waals surface area contributed by atoms with Gasteiger partial charge in [-0.25, -0.2) is 9.97 Å². The Kier molecular flexibility index (Phi) is 4.78. The average molecular weight is 269 g/mol. The SMILES string of the molecule is CCCN1CCC(Nc2ncnc(Cl)c2C)CC1. The van der Waals surface area contributed by atoms with Crippen molar-refractivity contribution in [1.82, 2.24) is 14.9 Å². The first-order valence-corrected chi connectivity index (χ1v) is 7.04. The first-order valence-electron chi connectivity index (χ1n) is 6.66. The summed E-state index contributed by atoms with van der Waals surface area (Å²) in [6, 6.07) is 0.503. The molecule has 5 heteroatoms. The van der Waals surface area contributed by atoms with Gasteiger partial charge in [0.1, 0.15) is 17.3 Å². The lowest BCUT2D eigenvalue weighted by molar-refractivity contribution is 0.219. The van der Waals surface area contributed by atoms with Crippen molar-refractivity contribution in [3.05, 3.63) is 17.0 Å². The van der Waals surface area contributed by atoms with Crippen LogP contribution >= 0.6 is 11.6 Å². The van der Waals surface area contributed by atoms with Gasteiger partial charge >= 0.3 is 0 Å². The van der Waals surface area contributed by atoms with E-state index in [1.807, 2.05) is 6.92 Å². The Hall–Kier alpha value is -0.870. The van der Waals surface area contributed by atoms with Crippen LogP contribution in [-0.2, 0) is 0 Å². The van der Waals surface area contributed by atoms with Crippen LogP contribution in [0.15, 0.2) is 6.33 Å². The summed E-state index contributed by atoms with van der Waals surface area (Å²) in [6.45, 7) is 7.74. The predicted octanol–water partition coefficient (Wildman–Crippen LogP) is 2.72.